The maximum atomic E-state index is 6.72. The second kappa shape index (κ2) is 11.0. The molecule has 0 aliphatic rings. The SMILES string of the molecule is CC(C)(C)c1ccc2nc3ncc4c5cc[c-]c(-c6cccc(C(C)(C)c7[c-]c(-c8ccccn8)ccc7)n6)c5oc4n3c2c1.[Pt+2]. The Kier molecular flexibility index (Phi) is 7.17. The Hall–Kier alpha value is -4.67. The molecule has 0 atom stereocenters. The molecule has 0 spiro atoms. The van der Waals surface area contributed by atoms with Gasteiger partial charge in [0.2, 0.25) is 11.5 Å². The van der Waals surface area contributed by atoms with Crippen LogP contribution >= 0.6 is 0 Å². The van der Waals surface area contributed by atoms with E-state index in [9.17, 15) is 0 Å². The third-order valence-electron chi connectivity index (χ3n) is 8.74. The maximum Gasteiger partial charge on any atom is 2.00 e. The monoisotopic (exact) mass is 780 g/mol. The molecular formula is C39H31N5OPt. The standard InChI is InChI=1S/C39H31N5O.Pt/c1-38(2,3)25-18-19-32-33(22-25)44-36-29(23-41-37(44)43-32)27-13-9-14-28(35(27)45-36)31-16-10-17-34(42-31)39(4,5)26-12-8-11-24(21-26)30-15-6-7-20-40-30;/h6-13,15-20,22-23H,1-5H3;/q-2;+2. The predicted octanol–water partition coefficient (Wildman–Crippen LogP) is 9.13. The molecule has 7 heteroatoms. The fourth-order valence-electron chi connectivity index (χ4n) is 6.05. The van der Waals surface area contributed by atoms with E-state index in [2.05, 4.69) is 94.2 Å². The number of hydrogen-bond donors (Lipinski definition) is 0. The zero-order chi connectivity index (χ0) is 30.9. The number of hydrogen-bond acceptors (Lipinski definition) is 5. The van der Waals surface area contributed by atoms with Crippen molar-refractivity contribution in [1.82, 2.24) is 24.3 Å². The van der Waals surface area contributed by atoms with E-state index in [-0.39, 0.29) is 26.5 Å². The first-order chi connectivity index (χ1) is 21.7. The second-order valence-corrected chi connectivity index (χ2v) is 13.1. The second-order valence-electron chi connectivity index (χ2n) is 13.1. The average molecular weight is 781 g/mol. The van der Waals surface area contributed by atoms with Crippen molar-refractivity contribution < 1.29 is 25.5 Å². The molecule has 6 nitrogen and oxygen atoms in total. The van der Waals surface area contributed by atoms with Gasteiger partial charge in [0.25, 0.3) is 0 Å². The Bertz CT molecular complexity index is 2400. The summed E-state index contributed by atoms with van der Waals surface area (Å²) in [6, 6.07) is 35.7. The summed E-state index contributed by atoms with van der Waals surface area (Å²) in [5.74, 6) is 0.610. The van der Waals surface area contributed by atoms with Crippen LogP contribution in [-0.2, 0) is 31.9 Å². The van der Waals surface area contributed by atoms with Gasteiger partial charge in [0.15, 0.2) is 0 Å². The van der Waals surface area contributed by atoms with Crippen molar-refractivity contribution in [3.05, 3.63) is 126 Å². The van der Waals surface area contributed by atoms with E-state index in [0.717, 1.165) is 61.2 Å². The number of fused-ring (bicyclic) bond motifs is 7. The fourth-order valence-corrected chi connectivity index (χ4v) is 6.05. The van der Waals surface area contributed by atoms with Crippen LogP contribution in [0.2, 0.25) is 0 Å². The molecule has 46 heavy (non-hydrogen) atoms. The molecule has 228 valence electrons. The van der Waals surface area contributed by atoms with Gasteiger partial charge in [-0.25, -0.2) is 14.4 Å². The maximum absolute atomic E-state index is 6.72. The van der Waals surface area contributed by atoms with E-state index in [1.54, 1.807) is 6.20 Å². The summed E-state index contributed by atoms with van der Waals surface area (Å²) < 4.78 is 8.75. The summed E-state index contributed by atoms with van der Waals surface area (Å²) in [6.45, 7) is 11.0. The summed E-state index contributed by atoms with van der Waals surface area (Å²) in [5.41, 5.74) is 9.52. The molecule has 5 heterocycles. The number of rotatable bonds is 4. The predicted molar refractivity (Wildman–Crippen MR) is 179 cm³/mol. The largest absolute Gasteiger partial charge is 2.00 e. The minimum Gasteiger partial charge on any atom is -0.487 e. The van der Waals surface area contributed by atoms with E-state index in [1.165, 1.54) is 5.56 Å². The van der Waals surface area contributed by atoms with E-state index < -0.39 is 5.41 Å². The molecule has 0 saturated carbocycles. The summed E-state index contributed by atoms with van der Waals surface area (Å²) >= 11 is 0. The molecule has 8 aromatic rings. The Balaban J connectivity index is 0.00000338. The molecule has 0 amide bonds. The number of benzene rings is 3. The van der Waals surface area contributed by atoms with Gasteiger partial charge in [0.05, 0.1) is 16.6 Å². The van der Waals surface area contributed by atoms with Crippen LogP contribution in [0.4, 0.5) is 0 Å². The smallest absolute Gasteiger partial charge is 0.487 e. The minimum atomic E-state index is -0.418. The molecule has 0 fully saturated rings. The van der Waals surface area contributed by atoms with Crippen LogP contribution < -0.4 is 0 Å². The number of pyridine rings is 2. The van der Waals surface area contributed by atoms with Crippen LogP contribution in [0.1, 0.15) is 51.4 Å². The normalized spacial score (nSPS) is 12.3. The Morgan fingerprint density at radius 2 is 1.61 bits per heavy atom. The Morgan fingerprint density at radius 3 is 2.41 bits per heavy atom. The van der Waals surface area contributed by atoms with Crippen LogP contribution in [0.15, 0.2) is 102 Å². The zero-order valence-corrected chi connectivity index (χ0v) is 28.5. The average Bonchev–Trinajstić information content (AvgIpc) is 3.63. The van der Waals surface area contributed by atoms with Crippen LogP contribution in [0, 0.1) is 12.1 Å². The topological polar surface area (TPSA) is 69.1 Å². The van der Waals surface area contributed by atoms with Crippen LogP contribution in [-0.4, -0.2) is 24.3 Å². The van der Waals surface area contributed by atoms with Gasteiger partial charge in [0.1, 0.15) is 0 Å². The van der Waals surface area contributed by atoms with Gasteiger partial charge in [-0.3, -0.25) is 0 Å². The zero-order valence-electron chi connectivity index (χ0n) is 26.2. The Labute approximate surface area is 281 Å². The number of furan rings is 1. The van der Waals surface area contributed by atoms with E-state index in [0.29, 0.717) is 11.5 Å². The van der Waals surface area contributed by atoms with Crippen molar-refractivity contribution in [2.45, 2.75) is 45.4 Å². The summed E-state index contributed by atoms with van der Waals surface area (Å²) in [7, 11) is 0. The molecule has 3 aromatic carbocycles. The van der Waals surface area contributed by atoms with Gasteiger partial charge in [-0.15, -0.1) is 53.6 Å². The third-order valence-corrected chi connectivity index (χ3v) is 8.74. The van der Waals surface area contributed by atoms with E-state index >= 15 is 0 Å². The van der Waals surface area contributed by atoms with Crippen molar-refractivity contribution in [3.8, 4) is 22.5 Å². The van der Waals surface area contributed by atoms with Crippen LogP contribution in [0.25, 0.3) is 61.4 Å². The molecular weight excluding hydrogens is 750 g/mol. The van der Waals surface area contributed by atoms with Gasteiger partial charge in [0, 0.05) is 28.9 Å². The molecule has 0 saturated heterocycles. The quantitative estimate of drug-likeness (QED) is 0.167. The van der Waals surface area contributed by atoms with Gasteiger partial charge in [-0.2, -0.15) is 0 Å². The van der Waals surface area contributed by atoms with Gasteiger partial charge in [-0.1, -0.05) is 75.9 Å². The Morgan fingerprint density at radius 1 is 0.783 bits per heavy atom. The van der Waals surface area contributed by atoms with Crippen LogP contribution in [0.3, 0.4) is 0 Å². The van der Waals surface area contributed by atoms with Crippen LogP contribution in [0.5, 0.6) is 0 Å². The molecule has 0 bridgehead atoms. The first kappa shape index (κ1) is 30.0. The van der Waals surface area contributed by atoms with Gasteiger partial charge >= 0.3 is 21.1 Å². The summed E-state index contributed by atoms with van der Waals surface area (Å²) in [4.78, 5) is 19.2. The van der Waals surface area contributed by atoms with E-state index in [1.807, 2.05) is 53.1 Å². The summed E-state index contributed by atoms with van der Waals surface area (Å²) in [5, 5.41) is 1.88. The van der Waals surface area contributed by atoms with Crippen molar-refractivity contribution in [3.63, 3.8) is 0 Å². The number of nitrogens with zero attached hydrogens (tertiary/aromatic N) is 5. The molecule has 0 radical (unpaired) electrons. The van der Waals surface area contributed by atoms with E-state index in [4.69, 9.17) is 19.4 Å². The first-order valence-corrected chi connectivity index (χ1v) is 15.2. The number of aromatic nitrogens is 5. The molecule has 8 rings (SSSR count). The molecule has 0 N–H and O–H groups in total. The minimum absolute atomic E-state index is 0. The molecule has 5 aromatic heterocycles. The van der Waals surface area contributed by atoms with Crippen molar-refractivity contribution in [2.75, 3.05) is 0 Å². The van der Waals surface area contributed by atoms with Crippen molar-refractivity contribution in [1.29, 1.82) is 0 Å². The molecule has 0 aliphatic carbocycles. The van der Waals surface area contributed by atoms with Crippen molar-refractivity contribution in [2.24, 2.45) is 0 Å². The fraction of sp³-hybridized carbons (Fsp3) is 0.179. The first-order valence-electron chi connectivity index (χ1n) is 15.2. The van der Waals surface area contributed by atoms with Gasteiger partial charge < -0.3 is 14.4 Å². The third kappa shape index (κ3) is 4.83. The summed E-state index contributed by atoms with van der Waals surface area (Å²) in [6.07, 6.45) is 3.66. The van der Waals surface area contributed by atoms with Crippen molar-refractivity contribution >= 4 is 38.9 Å². The van der Waals surface area contributed by atoms with Gasteiger partial charge in [-0.05, 0) is 46.6 Å². The number of imidazole rings is 1. The molecule has 0 aliphatic heterocycles. The molecule has 0 unspecified atom stereocenters.